The summed E-state index contributed by atoms with van der Waals surface area (Å²) in [5.41, 5.74) is 2.46. The quantitative estimate of drug-likeness (QED) is 0.579. The van der Waals surface area contributed by atoms with Gasteiger partial charge in [0.1, 0.15) is 0 Å². The molecule has 56 valence electrons. The average Bonchev–Trinajstić information content (AvgIpc) is 2.36. The van der Waals surface area contributed by atoms with Crippen molar-refractivity contribution in [3.8, 4) is 0 Å². The summed E-state index contributed by atoms with van der Waals surface area (Å²) < 4.78 is 0. The topological polar surface area (TPSA) is 0 Å². The van der Waals surface area contributed by atoms with Crippen LogP contribution in [-0.2, 0) is 6.42 Å². The van der Waals surface area contributed by atoms with Crippen molar-refractivity contribution in [3.05, 3.63) is 39.4 Å². The number of allylic oxidation sites excluding steroid dienone is 1. The van der Waals surface area contributed by atoms with Crippen LogP contribution in [0.1, 0.15) is 11.1 Å². The number of hydrogen-bond donors (Lipinski definition) is 0. The van der Waals surface area contributed by atoms with Crippen molar-refractivity contribution in [2.75, 3.05) is 0 Å². The highest BCUT2D eigenvalue weighted by Crippen LogP contribution is 2.29. The molecule has 0 spiro atoms. The van der Waals surface area contributed by atoms with Gasteiger partial charge in [0.2, 0.25) is 0 Å². The summed E-state index contributed by atoms with van der Waals surface area (Å²) in [5, 5.41) is 1.28. The second-order valence-electron chi connectivity index (χ2n) is 2.57. The fourth-order valence-electron chi connectivity index (χ4n) is 1.25. The van der Waals surface area contributed by atoms with E-state index in [4.69, 9.17) is 23.2 Å². The largest absolute Gasteiger partial charge is 0.0827 e. The molecule has 0 saturated carbocycles. The standard InChI is InChI=1S/C9H6Cl2/c10-8-4-6-2-1-3-7(6)5-9(8)11/h1-2,4-5H,3H2. The van der Waals surface area contributed by atoms with E-state index in [1.807, 2.05) is 12.1 Å². The molecular formula is C9H6Cl2. The van der Waals surface area contributed by atoms with Gasteiger partial charge in [0.15, 0.2) is 0 Å². The third-order valence-corrected chi connectivity index (χ3v) is 2.54. The third-order valence-electron chi connectivity index (χ3n) is 1.82. The van der Waals surface area contributed by atoms with Gasteiger partial charge in [-0.2, -0.15) is 0 Å². The fraction of sp³-hybridized carbons (Fsp3) is 0.111. The average molecular weight is 185 g/mol. The zero-order valence-electron chi connectivity index (χ0n) is 5.77. The highest BCUT2D eigenvalue weighted by atomic mass is 35.5. The number of hydrogen-bond acceptors (Lipinski definition) is 0. The number of halogens is 2. The highest BCUT2D eigenvalue weighted by Gasteiger charge is 2.07. The molecule has 0 nitrogen and oxygen atoms in total. The molecule has 1 aromatic rings. The first kappa shape index (κ1) is 7.20. The summed E-state index contributed by atoms with van der Waals surface area (Å²) >= 11 is 11.7. The molecule has 0 atom stereocenters. The smallest absolute Gasteiger partial charge is 0.0598 e. The van der Waals surface area contributed by atoms with Gasteiger partial charge in [0.05, 0.1) is 10.0 Å². The van der Waals surface area contributed by atoms with Gasteiger partial charge in [-0.1, -0.05) is 35.4 Å². The van der Waals surface area contributed by atoms with Crippen LogP contribution >= 0.6 is 23.2 Å². The maximum absolute atomic E-state index is 5.83. The monoisotopic (exact) mass is 184 g/mol. The molecule has 0 fully saturated rings. The molecule has 0 radical (unpaired) electrons. The minimum absolute atomic E-state index is 0.636. The molecule has 0 aromatic heterocycles. The van der Waals surface area contributed by atoms with Crippen molar-refractivity contribution in [1.29, 1.82) is 0 Å². The van der Waals surface area contributed by atoms with Gasteiger partial charge in [-0.15, -0.1) is 0 Å². The number of rotatable bonds is 0. The lowest BCUT2D eigenvalue weighted by Gasteiger charge is -2.00. The molecule has 0 N–H and O–H groups in total. The van der Waals surface area contributed by atoms with E-state index in [1.54, 1.807) is 0 Å². The molecule has 0 unspecified atom stereocenters. The Hall–Kier alpha value is -0.460. The zero-order valence-corrected chi connectivity index (χ0v) is 7.28. The lowest BCUT2D eigenvalue weighted by molar-refractivity contribution is 1.31. The summed E-state index contributed by atoms with van der Waals surface area (Å²) in [6, 6.07) is 3.84. The van der Waals surface area contributed by atoms with Gasteiger partial charge >= 0.3 is 0 Å². The van der Waals surface area contributed by atoms with Crippen LogP contribution in [0.15, 0.2) is 18.2 Å². The SMILES string of the molecule is Clc1cc2c(cc1Cl)CC=C2. The summed E-state index contributed by atoms with van der Waals surface area (Å²) in [4.78, 5) is 0. The second-order valence-corrected chi connectivity index (χ2v) is 3.39. The highest BCUT2D eigenvalue weighted by molar-refractivity contribution is 6.42. The Labute approximate surface area is 75.4 Å². The predicted molar refractivity (Wildman–Crippen MR) is 49.2 cm³/mol. The van der Waals surface area contributed by atoms with E-state index < -0.39 is 0 Å². The first-order valence-corrected chi connectivity index (χ1v) is 4.17. The zero-order chi connectivity index (χ0) is 7.84. The predicted octanol–water partition coefficient (Wildman–Crippen LogP) is 3.56. The van der Waals surface area contributed by atoms with Crippen LogP contribution in [0.3, 0.4) is 0 Å². The van der Waals surface area contributed by atoms with E-state index in [0.29, 0.717) is 10.0 Å². The van der Waals surface area contributed by atoms with Crippen LogP contribution in [0.2, 0.25) is 10.0 Å². The minimum atomic E-state index is 0.636. The maximum atomic E-state index is 5.83. The molecule has 2 rings (SSSR count). The van der Waals surface area contributed by atoms with Crippen LogP contribution in [-0.4, -0.2) is 0 Å². The van der Waals surface area contributed by atoms with E-state index in [0.717, 1.165) is 6.42 Å². The summed E-state index contributed by atoms with van der Waals surface area (Å²) in [7, 11) is 0. The van der Waals surface area contributed by atoms with Crippen LogP contribution in [0.5, 0.6) is 0 Å². The Morgan fingerprint density at radius 3 is 2.64 bits per heavy atom. The molecule has 11 heavy (non-hydrogen) atoms. The van der Waals surface area contributed by atoms with E-state index in [9.17, 15) is 0 Å². The molecule has 0 amide bonds. The van der Waals surface area contributed by atoms with Crippen molar-refractivity contribution < 1.29 is 0 Å². The maximum Gasteiger partial charge on any atom is 0.0598 e. The Morgan fingerprint density at radius 2 is 1.82 bits per heavy atom. The van der Waals surface area contributed by atoms with Crippen molar-refractivity contribution in [1.82, 2.24) is 0 Å². The number of benzene rings is 1. The lowest BCUT2D eigenvalue weighted by Crippen LogP contribution is -1.81. The summed E-state index contributed by atoms with van der Waals surface area (Å²) in [6.07, 6.45) is 5.15. The molecule has 0 saturated heterocycles. The van der Waals surface area contributed by atoms with Crippen molar-refractivity contribution in [2.45, 2.75) is 6.42 Å². The van der Waals surface area contributed by atoms with E-state index >= 15 is 0 Å². The first-order valence-electron chi connectivity index (χ1n) is 3.42. The van der Waals surface area contributed by atoms with E-state index in [1.165, 1.54) is 11.1 Å². The lowest BCUT2D eigenvalue weighted by atomic mass is 10.1. The van der Waals surface area contributed by atoms with Crippen LogP contribution in [0.4, 0.5) is 0 Å². The van der Waals surface area contributed by atoms with E-state index in [2.05, 4.69) is 12.2 Å². The van der Waals surface area contributed by atoms with Crippen LogP contribution < -0.4 is 0 Å². The Kier molecular flexibility index (Phi) is 1.67. The minimum Gasteiger partial charge on any atom is -0.0827 e. The molecule has 0 bridgehead atoms. The van der Waals surface area contributed by atoms with E-state index in [-0.39, 0.29) is 0 Å². The first-order chi connectivity index (χ1) is 5.27. The molecule has 1 aromatic carbocycles. The third kappa shape index (κ3) is 1.17. The van der Waals surface area contributed by atoms with Gasteiger partial charge in [-0.25, -0.2) is 0 Å². The van der Waals surface area contributed by atoms with Crippen molar-refractivity contribution in [3.63, 3.8) is 0 Å². The fourth-order valence-corrected chi connectivity index (χ4v) is 1.61. The molecule has 2 heteroatoms. The van der Waals surface area contributed by atoms with Gasteiger partial charge < -0.3 is 0 Å². The van der Waals surface area contributed by atoms with Gasteiger partial charge in [0, 0.05) is 0 Å². The van der Waals surface area contributed by atoms with Crippen molar-refractivity contribution >= 4 is 29.3 Å². The van der Waals surface area contributed by atoms with Crippen molar-refractivity contribution in [2.24, 2.45) is 0 Å². The van der Waals surface area contributed by atoms with Gasteiger partial charge in [0.25, 0.3) is 0 Å². The molecule has 1 aliphatic rings. The number of fused-ring (bicyclic) bond motifs is 1. The van der Waals surface area contributed by atoms with Crippen LogP contribution in [0.25, 0.3) is 6.08 Å². The normalized spacial score (nSPS) is 13.6. The summed E-state index contributed by atoms with van der Waals surface area (Å²) in [6.45, 7) is 0. The molecule has 0 heterocycles. The van der Waals surface area contributed by atoms with Crippen LogP contribution in [0, 0.1) is 0 Å². The molecular weight excluding hydrogens is 179 g/mol. The Bertz CT molecular complexity index is 327. The Balaban J connectivity index is 2.63. The molecule has 1 aliphatic carbocycles. The second kappa shape index (κ2) is 2.54. The van der Waals surface area contributed by atoms with Gasteiger partial charge in [-0.3, -0.25) is 0 Å². The molecule has 0 aliphatic heterocycles. The van der Waals surface area contributed by atoms with Gasteiger partial charge in [-0.05, 0) is 29.7 Å². The summed E-state index contributed by atoms with van der Waals surface area (Å²) in [5.74, 6) is 0. The Morgan fingerprint density at radius 1 is 1.09 bits per heavy atom.